The van der Waals surface area contributed by atoms with Gasteiger partial charge in [-0.2, -0.15) is 0 Å². The fourth-order valence-electron chi connectivity index (χ4n) is 10.00. The van der Waals surface area contributed by atoms with Gasteiger partial charge in [0.25, 0.3) is 0 Å². The lowest BCUT2D eigenvalue weighted by Crippen LogP contribution is -2.28. The van der Waals surface area contributed by atoms with Crippen LogP contribution in [-0.4, -0.2) is 36.4 Å². The van der Waals surface area contributed by atoms with Crippen LogP contribution in [0, 0.1) is 0 Å². The van der Waals surface area contributed by atoms with Crippen LogP contribution >= 0.6 is 0 Å². The van der Waals surface area contributed by atoms with E-state index in [9.17, 15) is 14.7 Å². The van der Waals surface area contributed by atoms with Crippen LogP contribution in [0.1, 0.15) is 361 Å². The summed E-state index contributed by atoms with van der Waals surface area (Å²) in [6.45, 7) is 4.18. The molecule has 0 amide bonds. The normalized spacial score (nSPS) is 12.3. The molecule has 0 aromatic rings. The van der Waals surface area contributed by atoms with Gasteiger partial charge in [0.15, 0.2) is 6.10 Å². The lowest BCUT2D eigenvalue weighted by molar-refractivity contribution is -0.161. The van der Waals surface area contributed by atoms with Crippen molar-refractivity contribution in [2.45, 2.75) is 367 Å². The van der Waals surface area contributed by atoms with Crippen molar-refractivity contribution in [2.24, 2.45) is 0 Å². The molecule has 0 rings (SSSR count). The summed E-state index contributed by atoms with van der Waals surface area (Å²) < 4.78 is 10.7. The van der Waals surface area contributed by atoms with E-state index in [-0.39, 0.29) is 25.2 Å². The Balaban J connectivity index is 3.40. The van der Waals surface area contributed by atoms with E-state index < -0.39 is 6.10 Å². The first-order valence-corrected chi connectivity index (χ1v) is 32.5. The molecule has 0 aliphatic heterocycles. The van der Waals surface area contributed by atoms with Crippen molar-refractivity contribution in [3.63, 3.8) is 0 Å². The van der Waals surface area contributed by atoms with Crippen LogP contribution < -0.4 is 0 Å². The molecule has 1 atom stereocenters. The maximum Gasteiger partial charge on any atom is 0.306 e. The van der Waals surface area contributed by atoms with Crippen molar-refractivity contribution in [2.75, 3.05) is 13.2 Å². The minimum absolute atomic E-state index is 0.0603. The van der Waals surface area contributed by atoms with E-state index >= 15 is 0 Å². The first-order chi connectivity index (χ1) is 35.6. The summed E-state index contributed by atoms with van der Waals surface area (Å²) in [5.41, 5.74) is 0. The van der Waals surface area contributed by atoms with Gasteiger partial charge in [0, 0.05) is 12.8 Å². The van der Waals surface area contributed by atoms with Crippen molar-refractivity contribution in [3.8, 4) is 0 Å². The van der Waals surface area contributed by atoms with Gasteiger partial charge in [0.1, 0.15) is 6.61 Å². The molecule has 0 radical (unpaired) electrons. The molecule has 0 aromatic carbocycles. The van der Waals surface area contributed by atoms with Crippen LogP contribution in [0.25, 0.3) is 0 Å². The highest BCUT2D eigenvalue weighted by Crippen LogP contribution is 2.18. The summed E-state index contributed by atoms with van der Waals surface area (Å²) in [6, 6.07) is 0. The standard InChI is InChI=1S/C67H126O5/c1-3-5-7-9-11-13-15-17-19-21-23-25-27-29-30-31-32-33-34-35-36-38-40-42-44-46-48-50-52-54-56-58-60-62-67(70)72-65(63-68)64-71-66(69)61-59-57-55-53-51-49-47-45-43-41-39-37-28-26-24-22-20-18-16-14-12-10-8-6-4-2/h15,17,21-24,65,68H,3-14,16,18-20,25-64H2,1-2H3/b17-15-,23-21-,24-22-. The third-order valence-electron chi connectivity index (χ3n) is 14.9. The highest BCUT2D eigenvalue weighted by molar-refractivity contribution is 5.70. The highest BCUT2D eigenvalue weighted by atomic mass is 16.6. The molecule has 0 heterocycles. The number of carbonyl (C=O) groups excluding carboxylic acids is 2. The summed E-state index contributed by atoms with van der Waals surface area (Å²) >= 11 is 0. The van der Waals surface area contributed by atoms with Gasteiger partial charge in [0.2, 0.25) is 0 Å². The van der Waals surface area contributed by atoms with Crippen molar-refractivity contribution in [1.29, 1.82) is 0 Å². The molecule has 1 unspecified atom stereocenters. The monoisotopic (exact) mass is 1010 g/mol. The predicted molar refractivity (Wildman–Crippen MR) is 316 cm³/mol. The van der Waals surface area contributed by atoms with Crippen LogP contribution in [0.5, 0.6) is 0 Å². The Morgan fingerprint density at radius 2 is 0.556 bits per heavy atom. The average Bonchev–Trinajstić information content (AvgIpc) is 3.38. The fraction of sp³-hybridized carbons (Fsp3) is 0.881. The summed E-state index contributed by atoms with van der Waals surface area (Å²) in [7, 11) is 0. The van der Waals surface area contributed by atoms with Crippen LogP contribution in [-0.2, 0) is 19.1 Å². The Kier molecular flexibility index (Phi) is 61.8. The van der Waals surface area contributed by atoms with Crippen LogP contribution in [0.3, 0.4) is 0 Å². The third-order valence-corrected chi connectivity index (χ3v) is 14.9. The third kappa shape index (κ3) is 60.7. The molecule has 0 aliphatic carbocycles. The summed E-state index contributed by atoms with van der Waals surface area (Å²) in [5.74, 6) is -0.569. The quantitative estimate of drug-likeness (QED) is 0.0373. The molecule has 0 bridgehead atoms. The summed E-state index contributed by atoms with van der Waals surface area (Å²) in [5, 5.41) is 9.68. The van der Waals surface area contributed by atoms with Gasteiger partial charge in [-0.3, -0.25) is 9.59 Å². The second kappa shape index (κ2) is 63.4. The lowest BCUT2D eigenvalue weighted by Gasteiger charge is -2.15. The minimum atomic E-state index is -0.770. The number of esters is 2. The zero-order valence-corrected chi connectivity index (χ0v) is 48.7. The SMILES string of the molecule is CCCCCCC/C=C\C/C=C\CCCCCCCCCCCCCCCCCCCCCCCC(=O)OC(CO)COC(=O)CCCCCCCCCCCCCCC/C=C\CCCCCCCCCC. The second-order valence-electron chi connectivity index (χ2n) is 22.2. The Labute approximate surface area is 450 Å². The Hall–Kier alpha value is -1.88. The fourth-order valence-corrected chi connectivity index (χ4v) is 10.00. The molecule has 5 heteroatoms. The van der Waals surface area contributed by atoms with Crippen molar-refractivity contribution < 1.29 is 24.2 Å². The topological polar surface area (TPSA) is 72.8 Å². The number of unbranched alkanes of at least 4 members (excludes halogenated alkanes) is 47. The Morgan fingerprint density at radius 3 is 0.833 bits per heavy atom. The van der Waals surface area contributed by atoms with Crippen molar-refractivity contribution in [3.05, 3.63) is 36.5 Å². The average molecular weight is 1010 g/mol. The molecule has 424 valence electrons. The molecule has 0 aromatic heterocycles. The minimum Gasteiger partial charge on any atom is -0.462 e. The van der Waals surface area contributed by atoms with Gasteiger partial charge >= 0.3 is 11.9 Å². The molecule has 0 saturated carbocycles. The first-order valence-electron chi connectivity index (χ1n) is 32.5. The van der Waals surface area contributed by atoms with E-state index in [1.54, 1.807) is 0 Å². The van der Waals surface area contributed by atoms with E-state index in [1.165, 1.54) is 289 Å². The molecule has 5 nitrogen and oxygen atoms in total. The Bertz CT molecular complexity index is 1140. The van der Waals surface area contributed by atoms with Crippen LogP contribution in [0.15, 0.2) is 36.5 Å². The maximum absolute atomic E-state index is 12.3. The zero-order chi connectivity index (χ0) is 52.0. The van der Waals surface area contributed by atoms with Gasteiger partial charge < -0.3 is 14.6 Å². The van der Waals surface area contributed by atoms with Crippen molar-refractivity contribution >= 4 is 11.9 Å². The summed E-state index contributed by atoms with van der Waals surface area (Å²) in [4.78, 5) is 24.6. The van der Waals surface area contributed by atoms with E-state index in [1.807, 2.05) is 0 Å². The largest absolute Gasteiger partial charge is 0.462 e. The van der Waals surface area contributed by atoms with E-state index in [2.05, 4.69) is 50.3 Å². The number of allylic oxidation sites excluding steroid dienone is 6. The number of aliphatic hydroxyl groups is 1. The van der Waals surface area contributed by atoms with Gasteiger partial charge in [0.05, 0.1) is 6.61 Å². The second-order valence-corrected chi connectivity index (χ2v) is 22.2. The van der Waals surface area contributed by atoms with E-state index in [4.69, 9.17) is 9.47 Å². The molecule has 1 N–H and O–H groups in total. The van der Waals surface area contributed by atoms with Gasteiger partial charge in [-0.15, -0.1) is 0 Å². The number of carbonyl (C=O) groups is 2. The lowest BCUT2D eigenvalue weighted by atomic mass is 10.0. The van der Waals surface area contributed by atoms with Gasteiger partial charge in [-0.25, -0.2) is 0 Å². The number of ether oxygens (including phenoxy) is 2. The molecule has 0 spiro atoms. The van der Waals surface area contributed by atoms with E-state index in [0.29, 0.717) is 12.8 Å². The Morgan fingerprint density at radius 1 is 0.319 bits per heavy atom. The van der Waals surface area contributed by atoms with E-state index in [0.717, 1.165) is 44.9 Å². The van der Waals surface area contributed by atoms with Crippen LogP contribution in [0.4, 0.5) is 0 Å². The van der Waals surface area contributed by atoms with Gasteiger partial charge in [-0.05, 0) is 70.6 Å². The zero-order valence-electron chi connectivity index (χ0n) is 48.7. The number of rotatable bonds is 61. The van der Waals surface area contributed by atoms with Gasteiger partial charge in [-0.1, -0.05) is 314 Å². The molecule has 0 fully saturated rings. The highest BCUT2D eigenvalue weighted by Gasteiger charge is 2.16. The first kappa shape index (κ1) is 70.1. The number of hydrogen-bond donors (Lipinski definition) is 1. The molecular formula is C67H126O5. The number of hydrogen-bond acceptors (Lipinski definition) is 5. The molecule has 0 aliphatic rings. The van der Waals surface area contributed by atoms with Crippen molar-refractivity contribution in [1.82, 2.24) is 0 Å². The summed E-state index contributed by atoms with van der Waals surface area (Å²) in [6.07, 6.45) is 83.0. The maximum atomic E-state index is 12.3. The number of aliphatic hydroxyl groups excluding tert-OH is 1. The predicted octanol–water partition coefficient (Wildman–Crippen LogP) is 22.2. The smallest absolute Gasteiger partial charge is 0.306 e. The van der Waals surface area contributed by atoms with Crippen LogP contribution in [0.2, 0.25) is 0 Å². The molecule has 0 saturated heterocycles. The molecule has 72 heavy (non-hydrogen) atoms. The molecular weight excluding hydrogens is 885 g/mol.